The van der Waals surface area contributed by atoms with E-state index < -0.39 is 6.04 Å². The summed E-state index contributed by atoms with van der Waals surface area (Å²) >= 11 is 0. The predicted octanol–water partition coefficient (Wildman–Crippen LogP) is 1.98. The number of ether oxygens (including phenoxy) is 1. The largest absolute Gasteiger partial charge is 0.481 e. The topological polar surface area (TPSA) is 61.0 Å². The highest BCUT2D eigenvalue weighted by Gasteiger charge is 2.13. The summed E-state index contributed by atoms with van der Waals surface area (Å²) in [6.07, 6.45) is 1.38. The number of nitrogens with two attached hydrogens (primary N) is 1. The van der Waals surface area contributed by atoms with Gasteiger partial charge in [0.15, 0.2) is 0 Å². The van der Waals surface area contributed by atoms with Crippen LogP contribution in [-0.2, 0) is 0 Å². The number of hydrogen-bond donors (Lipinski definition) is 1. The highest BCUT2D eigenvalue weighted by molar-refractivity contribution is 5.32. The Morgan fingerprint density at radius 2 is 2.00 bits per heavy atom. The molecule has 0 aliphatic heterocycles. The van der Waals surface area contributed by atoms with Crippen molar-refractivity contribution in [2.24, 2.45) is 5.73 Å². The third kappa shape index (κ3) is 2.62. The first-order valence-corrected chi connectivity index (χ1v) is 5.49. The zero-order chi connectivity index (χ0) is 13.1. The lowest BCUT2D eigenvalue weighted by molar-refractivity contribution is 0.395. The van der Waals surface area contributed by atoms with Crippen molar-refractivity contribution in [2.75, 3.05) is 7.11 Å². The molecule has 0 saturated heterocycles. The average Bonchev–Trinajstić information content (AvgIpc) is 2.37. The van der Waals surface area contributed by atoms with Crippen molar-refractivity contribution in [2.45, 2.75) is 13.0 Å². The standard InChI is InChI=1S/C13H14FN3O/c1-8-3-9(5-10(14)4-8)13(15)11-6-12(18-2)17-7-16-11/h3-7,13H,15H2,1-2H3. The first kappa shape index (κ1) is 12.4. The fourth-order valence-corrected chi connectivity index (χ4v) is 1.75. The molecular formula is C13H14FN3O. The fourth-order valence-electron chi connectivity index (χ4n) is 1.75. The maximum atomic E-state index is 13.3. The van der Waals surface area contributed by atoms with Crippen LogP contribution < -0.4 is 10.5 Å². The Balaban J connectivity index is 2.37. The van der Waals surface area contributed by atoms with Gasteiger partial charge in [0, 0.05) is 6.07 Å². The van der Waals surface area contributed by atoms with Gasteiger partial charge in [-0.15, -0.1) is 0 Å². The van der Waals surface area contributed by atoms with Gasteiger partial charge in [-0.2, -0.15) is 0 Å². The number of hydrogen-bond acceptors (Lipinski definition) is 4. The second kappa shape index (κ2) is 5.10. The van der Waals surface area contributed by atoms with Crippen LogP contribution in [0.15, 0.2) is 30.6 Å². The summed E-state index contributed by atoms with van der Waals surface area (Å²) in [7, 11) is 1.52. The minimum atomic E-state index is -0.503. The van der Waals surface area contributed by atoms with E-state index >= 15 is 0 Å². The van der Waals surface area contributed by atoms with Gasteiger partial charge >= 0.3 is 0 Å². The second-order valence-electron chi connectivity index (χ2n) is 4.02. The third-order valence-corrected chi connectivity index (χ3v) is 2.61. The lowest BCUT2D eigenvalue weighted by Crippen LogP contribution is -2.14. The maximum Gasteiger partial charge on any atom is 0.216 e. The number of nitrogens with zero attached hydrogens (tertiary/aromatic N) is 2. The van der Waals surface area contributed by atoms with Crippen molar-refractivity contribution >= 4 is 0 Å². The Labute approximate surface area is 105 Å². The summed E-state index contributed by atoms with van der Waals surface area (Å²) in [5, 5.41) is 0. The molecule has 1 heterocycles. The van der Waals surface area contributed by atoms with Crippen LogP contribution in [0, 0.1) is 12.7 Å². The molecule has 2 aromatic rings. The maximum absolute atomic E-state index is 13.3. The molecule has 0 bridgehead atoms. The smallest absolute Gasteiger partial charge is 0.216 e. The van der Waals surface area contributed by atoms with Crippen LogP contribution >= 0.6 is 0 Å². The minimum absolute atomic E-state index is 0.304. The van der Waals surface area contributed by atoms with Crippen molar-refractivity contribution in [3.8, 4) is 5.88 Å². The highest BCUT2D eigenvalue weighted by atomic mass is 19.1. The van der Waals surface area contributed by atoms with Crippen LogP contribution in [0.2, 0.25) is 0 Å². The van der Waals surface area contributed by atoms with Gasteiger partial charge in [0.1, 0.15) is 12.1 Å². The first-order valence-electron chi connectivity index (χ1n) is 5.49. The summed E-state index contributed by atoms with van der Waals surface area (Å²) in [5.74, 6) is 0.130. The molecule has 0 saturated carbocycles. The molecule has 0 spiro atoms. The summed E-state index contributed by atoms with van der Waals surface area (Å²) in [6.45, 7) is 1.82. The zero-order valence-corrected chi connectivity index (χ0v) is 10.2. The molecule has 1 aromatic heterocycles. The van der Waals surface area contributed by atoms with Crippen LogP contribution in [0.3, 0.4) is 0 Å². The molecule has 0 fully saturated rings. The van der Waals surface area contributed by atoms with E-state index in [4.69, 9.17) is 10.5 Å². The molecule has 0 aliphatic rings. The lowest BCUT2D eigenvalue weighted by atomic mass is 10.0. The third-order valence-electron chi connectivity index (χ3n) is 2.61. The van der Waals surface area contributed by atoms with Crippen molar-refractivity contribution in [3.05, 3.63) is 53.2 Å². The number of halogens is 1. The second-order valence-corrected chi connectivity index (χ2v) is 4.02. The minimum Gasteiger partial charge on any atom is -0.481 e. The van der Waals surface area contributed by atoms with Gasteiger partial charge in [-0.3, -0.25) is 0 Å². The first-order chi connectivity index (χ1) is 8.60. The number of benzene rings is 1. The van der Waals surface area contributed by atoms with Gasteiger partial charge in [0.25, 0.3) is 0 Å². The monoisotopic (exact) mass is 247 g/mol. The van der Waals surface area contributed by atoms with Gasteiger partial charge < -0.3 is 10.5 Å². The van der Waals surface area contributed by atoms with Crippen molar-refractivity contribution in [1.29, 1.82) is 0 Å². The van der Waals surface area contributed by atoms with Crippen LogP contribution in [-0.4, -0.2) is 17.1 Å². The zero-order valence-electron chi connectivity index (χ0n) is 10.2. The van der Waals surface area contributed by atoms with Crippen LogP contribution in [0.1, 0.15) is 22.9 Å². The number of methoxy groups -OCH3 is 1. The number of rotatable bonds is 3. The van der Waals surface area contributed by atoms with E-state index in [0.29, 0.717) is 17.1 Å². The van der Waals surface area contributed by atoms with Crippen molar-refractivity contribution in [3.63, 3.8) is 0 Å². The average molecular weight is 247 g/mol. The Hall–Kier alpha value is -2.01. The van der Waals surface area contributed by atoms with E-state index in [1.807, 2.05) is 13.0 Å². The van der Waals surface area contributed by atoms with Crippen molar-refractivity contribution < 1.29 is 9.13 Å². The lowest BCUT2D eigenvalue weighted by Gasteiger charge is -2.13. The Morgan fingerprint density at radius 1 is 1.22 bits per heavy atom. The van der Waals surface area contributed by atoms with E-state index in [2.05, 4.69) is 9.97 Å². The molecule has 1 aromatic carbocycles. The van der Waals surface area contributed by atoms with Gasteiger partial charge in [-0.1, -0.05) is 6.07 Å². The Morgan fingerprint density at radius 3 is 2.67 bits per heavy atom. The van der Waals surface area contributed by atoms with E-state index in [1.54, 1.807) is 6.07 Å². The molecule has 1 atom stereocenters. The highest BCUT2D eigenvalue weighted by Crippen LogP contribution is 2.21. The normalized spacial score (nSPS) is 12.2. The Kier molecular flexibility index (Phi) is 3.53. The SMILES string of the molecule is COc1cc(C(N)c2cc(C)cc(F)c2)ncn1. The van der Waals surface area contributed by atoms with Crippen molar-refractivity contribution in [1.82, 2.24) is 9.97 Å². The van der Waals surface area contributed by atoms with E-state index in [9.17, 15) is 4.39 Å². The molecule has 4 nitrogen and oxygen atoms in total. The molecule has 94 valence electrons. The van der Waals surface area contributed by atoms with Gasteiger partial charge in [0.2, 0.25) is 5.88 Å². The Bertz CT molecular complexity index is 539. The summed E-state index contributed by atoms with van der Waals surface area (Å²) < 4.78 is 18.3. The quantitative estimate of drug-likeness (QED) is 0.900. The number of aromatic nitrogens is 2. The molecule has 1 unspecified atom stereocenters. The molecule has 2 rings (SSSR count). The molecule has 2 N–H and O–H groups in total. The molecular weight excluding hydrogens is 233 g/mol. The van der Waals surface area contributed by atoms with Crippen LogP contribution in [0.4, 0.5) is 4.39 Å². The molecule has 0 aliphatic carbocycles. The van der Waals surface area contributed by atoms with Gasteiger partial charge in [-0.25, -0.2) is 14.4 Å². The van der Waals surface area contributed by atoms with E-state index in [0.717, 1.165) is 5.56 Å². The van der Waals surface area contributed by atoms with Crippen LogP contribution in [0.25, 0.3) is 0 Å². The molecule has 18 heavy (non-hydrogen) atoms. The van der Waals surface area contributed by atoms with E-state index in [1.165, 1.54) is 25.6 Å². The summed E-state index contributed by atoms with van der Waals surface area (Å²) in [5.41, 5.74) is 8.15. The summed E-state index contributed by atoms with van der Waals surface area (Å²) in [6, 6.07) is 5.84. The molecule has 0 amide bonds. The van der Waals surface area contributed by atoms with E-state index in [-0.39, 0.29) is 5.82 Å². The van der Waals surface area contributed by atoms with Gasteiger partial charge in [0.05, 0.1) is 18.8 Å². The fraction of sp³-hybridized carbons (Fsp3) is 0.231. The number of aryl methyl sites for hydroxylation is 1. The summed E-state index contributed by atoms with van der Waals surface area (Å²) in [4.78, 5) is 7.99. The molecule has 0 radical (unpaired) electrons. The predicted molar refractivity (Wildman–Crippen MR) is 65.8 cm³/mol. The molecule has 5 heteroatoms. The van der Waals surface area contributed by atoms with Gasteiger partial charge in [-0.05, 0) is 30.2 Å². The van der Waals surface area contributed by atoms with Crippen LogP contribution in [0.5, 0.6) is 5.88 Å².